The zero-order valence-corrected chi connectivity index (χ0v) is 10.3. The van der Waals surface area contributed by atoms with Crippen molar-refractivity contribution in [3.8, 4) is 12.1 Å². The molecule has 1 aromatic rings. The van der Waals surface area contributed by atoms with E-state index in [2.05, 4.69) is 5.32 Å². The third-order valence-electron chi connectivity index (χ3n) is 3.28. The van der Waals surface area contributed by atoms with Crippen LogP contribution in [0.25, 0.3) is 0 Å². The Morgan fingerprint density at radius 3 is 2.22 bits per heavy atom. The minimum absolute atomic E-state index is 0.634. The van der Waals surface area contributed by atoms with E-state index in [4.69, 9.17) is 10.5 Å². The normalized spacial score (nSPS) is 31.3. The number of carbonyl (C=O) groups excluding carboxylic acids is 2. The van der Waals surface area contributed by atoms with Gasteiger partial charge < -0.3 is 0 Å². The number of amides is 2. The molecule has 0 saturated carbocycles. The Morgan fingerprint density at radius 1 is 1.28 bits per heavy atom. The first-order chi connectivity index (χ1) is 8.55. The van der Waals surface area contributed by atoms with Crippen molar-refractivity contribution in [3.63, 3.8) is 0 Å². The van der Waals surface area contributed by atoms with Gasteiger partial charge in [0.05, 0.1) is 17.6 Å². The van der Waals surface area contributed by atoms with Gasteiger partial charge in [-0.25, -0.2) is 0 Å². The molecule has 0 aromatic carbocycles. The first-order valence-electron chi connectivity index (χ1n) is 5.23. The SMILES string of the molecule is CC1(c2cccs2)C(C#N)C(=O)NC(=O)C1C#N. The Balaban J connectivity index is 2.63. The van der Waals surface area contributed by atoms with Crippen LogP contribution in [0, 0.1) is 34.5 Å². The first-order valence-corrected chi connectivity index (χ1v) is 6.11. The lowest BCUT2D eigenvalue weighted by Crippen LogP contribution is -2.58. The molecule has 90 valence electrons. The van der Waals surface area contributed by atoms with E-state index in [9.17, 15) is 9.59 Å². The minimum Gasteiger partial charge on any atom is -0.294 e. The van der Waals surface area contributed by atoms with Crippen molar-refractivity contribution in [1.29, 1.82) is 10.5 Å². The number of carbonyl (C=O) groups is 2. The molecule has 2 atom stereocenters. The smallest absolute Gasteiger partial charge is 0.244 e. The third-order valence-corrected chi connectivity index (χ3v) is 4.40. The molecule has 1 aliphatic rings. The molecule has 2 amide bonds. The molecule has 2 heterocycles. The number of piperidine rings is 1. The second-order valence-corrected chi connectivity index (χ2v) is 5.19. The molecule has 1 aromatic heterocycles. The molecular formula is C12H9N3O2S. The van der Waals surface area contributed by atoms with Crippen molar-refractivity contribution in [2.24, 2.45) is 11.8 Å². The van der Waals surface area contributed by atoms with Crippen LogP contribution in [0.2, 0.25) is 0 Å². The maximum atomic E-state index is 11.7. The summed E-state index contributed by atoms with van der Waals surface area (Å²) in [5, 5.41) is 22.2. The third kappa shape index (κ3) is 1.51. The summed E-state index contributed by atoms with van der Waals surface area (Å²) in [4.78, 5) is 24.2. The van der Waals surface area contributed by atoms with Gasteiger partial charge in [-0.15, -0.1) is 11.3 Å². The number of hydrogen-bond acceptors (Lipinski definition) is 5. The lowest BCUT2D eigenvalue weighted by molar-refractivity contribution is -0.140. The fourth-order valence-corrected chi connectivity index (χ4v) is 3.18. The standard InChI is InChI=1S/C12H9N3O2S/c1-12(9-3-2-4-18-9)7(5-13)10(16)15-11(17)8(12)6-14/h2-4,7-8H,1H3,(H,15,16,17). The fraction of sp³-hybridized carbons (Fsp3) is 0.333. The molecule has 0 radical (unpaired) electrons. The lowest BCUT2D eigenvalue weighted by atomic mass is 9.65. The fourth-order valence-electron chi connectivity index (χ4n) is 2.23. The van der Waals surface area contributed by atoms with E-state index in [1.807, 2.05) is 12.1 Å². The summed E-state index contributed by atoms with van der Waals surface area (Å²) in [6.45, 7) is 1.62. The summed E-state index contributed by atoms with van der Waals surface area (Å²) < 4.78 is 0. The lowest BCUT2D eigenvalue weighted by Gasteiger charge is -2.38. The quantitative estimate of drug-likeness (QED) is 0.759. The second kappa shape index (κ2) is 4.25. The van der Waals surface area contributed by atoms with Crippen LogP contribution in [0.15, 0.2) is 17.5 Å². The summed E-state index contributed by atoms with van der Waals surface area (Å²) in [6, 6.07) is 7.33. The second-order valence-electron chi connectivity index (χ2n) is 4.24. The van der Waals surface area contributed by atoms with Crippen molar-refractivity contribution in [2.45, 2.75) is 12.3 Å². The maximum absolute atomic E-state index is 11.7. The minimum atomic E-state index is -1.09. The summed E-state index contributed by atoms with van der Waals surface area (Å²) in [5.74, 6) is -3.35. The van der Waals surface area contributed by atoms with Gasteiger partial charge in [0.25, 0.3) is 0 Å². The molecule has 1 saturated heterocycles. The van der Waals surface area contributed by atoms with E-state index in [1.165, 1.54) is 11.3 Å². The molecule has 0 spiro atoms. The van der Waals surface area contributed by atoms with E-state index in [0.717, 1.165) is 0 Å². The Bertz CT molecular complexity index is 547. The van der Waals surface area contributed by atoms with Crippen LogP contribution >= 0.6 is 11.3 Å². The number of hydrogen-bond donors (Lipinski definition) is 1. The molecule has 1 N–H and O–H groups in total. The molecular weight excluding hydrogens is 250 g/mol. The Labute approximate surface area is 108 Å². The Morgan fingerprint density at radius 2 is 1.83 bits per heavy atom. The average Bonchev–Trinajstić information content (AvgIpc) is 2.83. The highest BCUT2D eigenvalue weighted by molar-refractivity contribution is 7.10. The van der Waals surface area contributed by atoms with Crippen LogP contribution in [0.1, 0.15) is 11.8 Å². The van der Waals surface area contributed by atoms with Crippen LogP contribution in [0.4, 0.5) is 0 Å². The predicted molar refractivity (Wildman–Crippen MR) is 63.0 cm³/mol. The highest BCUT2D eigenvalue weighted by Gasteiger charge is 2.55. The number of nitrogens with zero attached hydrogens (tertiary/aromatic N) is 2. The highest BCUT2D eigenvalue weighted by Crippen LogP contribution is 2.43. The van der Waals surface area contributed by atoms with E-state index in [1.54, 1.807) is 24.4 Å². The van der Waals surface area contributed by atoms with Crippen molar-refractivity contribution in [2.75, 3.05) is 0 Å². The molecule has 2 rings (SSSR count). The van der Waals surface area contributed by atoms with Crippen LogP contribution < -0.4 is 5.32 Å². The molecule has 18 heavy (non-hydrogen) atoms. The van der Waals surface area contributed by atoms with Crippen molar-refractivity contribution >= 4 is 23.2 Å². The van der Waals surface area contributed by atoms with E-state index in [-0.39, 0.29) is 0 Å². The molecule has 1 fully saturated rings. The number of nitrogens with one attached hydrogen (secondary N) is 1. The average molecular weight is 259 g/mol. The van der Waals surface area contributed by atoms with Gasteiger partial charge in [-0.3, -0.25) is 14.9 Å². The van der Waals surface area contributed by atoms with Crippen LogP contribution in [0.5, 0.6) is 0 Å². The van der Waals surface area contributed by atoms with Crippen molar-refractivity contribution in [3.05, 3.63) is 22.4 Å². The largest absolute Gasteiger partial charge is 0.294 e. The highest BCUT2D eigenvalue weighted by atomic mass is 32.1. The summed E-state index contributed by atoms with van der Waals surface area (Å²) in [7, 11) is 0. The zero-order valence-electron chi connectivity index (χ0n) is 9.51. The van der Waals surface area contributed by atoms with Gasteiger partial charge in [-0.2, -0.15) is 10.5 Å². The van der Waals surface area contributed by atoms with E-state index >= 15 is 0 Å². The number of nitriles is 2. The van der Waals surface area contributed by atoms with Gasteiger partial charge in [0.15, 0.2) is 0 Å². The summed E-state index contributed by atoms with van der Waals surface area (Å²) in [6.07, 6.45) is 0. The van der Waals surface area contributed by atoms with Gasteiger partial charge >= 0.3 is 0 Å². The molecule has 6 heteroatoms. The zero-order chi connectivity index (χ0) is 13.3. The van der Waals surface area contributed by atoms with E-state index < -0.39 is 29.1 Å². The Hall–Kier alpha value is -2.18. The summed E-state index contributed by atoms with van der Waals surface area (Å²) in [5.41, 5.74) is -1.09. The van der Waals surface area contributed by atoms with Gasteiger partial charge in [0.1, 0.15) is 11.8 Å². The van der Waals surface area contributed by atoms with E-state index in [0.29, 0.717) is 4.88 Å². The molecule has 0 bridgehead atoms. The molecule has 2 unspecified atom stereocenters. The predicted octanol–water partition coefficient (Wildman–Crippen LogP) is 0.942. The number of rotatable bonds is 1. The maximum Gasteiger partial charge on any atom is 0.244 e. The molecule has 0 aliphatic carbocycles. The van der Waals surface area contributed by atoms with Crippen LogP contribution in [-0.4, -0.2) is 11.8 Å². The monoisotopic (exact) mass is 259 g/mol. The van der Waals surface area contributed by atoms with Gasteiger partial charge in [0, 0.05) is 4.88 Å². The van der Waals surface area contributed by atoms with Gasteiger partial charge in [0.2, 0.25) is 11.8 Å². The van der Waals surface area contributed by atoms with Crippen LogP contribution in [0.3, 0.4) is 0 Å². The topological polar surface area (TPSA) is 93.8 Å². The molecule has 5 nitrogen and oxygen atoms in total. The van der Waals surface area contributed by atoms with Gasteiger partial charge in [-0.05, 0) is 11.4 Å². The van der Waals surface area contributed by atoms with Gasteiger partial charge in [-0.1, -0.05) is 13.0 Å². The Kier molecular flexibility index (Phi) is 2.90. The molecule has 1 aliphatic heterocycles. The van der Waals surface area contributed by atoms with Crippen molar-refractivity contribution < 1.29 is 9.59 Å². The number of thiophene rings is 1. The summed E-state index contributed by atoms with van der Waals surface area (Å²) >= 11 is 1.34. The first kappa shape index (κ1) is 12.3. The van der Waals surface area contributed by atoms with Crippen LogP contribution in [-0.2, 0) is 15.0 Å². The van der Waals surface area contributed by atoms with Crippen molar-refractivity contribution in [1.82, 2.24) is 5.32 Å². The number of imide groups is 1.